The molecule has 1 saturated heterocycles. The minimum Gasteiger partial charge on any atom is -0.376 e. The highest BCUT2D eigenvalue weighted by molar-refractivity contribution is 7.99. The molecule has 3 N–H and O–H groups in total. The predicted octanol–water partition coefficient (Wildman–Crippen LogP) is 0.622. The number of carbonyl (C=O) groups is 1. The van der Waals surface area contributed by atoms with E-state index in [1.807, 2.05) is 34.9 Å². The zero-order chi connectivity index (χ0) is 21.6. The predicted molar refractivity (Wildman–Crippen MR) is 115 cm³/mol. The number of thioether (sulfide) groups is 1. The number of hydrogen-bond donors (Lipinski definition) is 3. The van der Waals surface area contributed by atoms with Crippen LogP contribution >= 0.6 is 11.8 Å². The van der Waals surface area contributed by atoms with Crippen molar-refractivity contribution in [2.45, 2.75) is 30.5 Å². The maximum Gasteiger partial charge on any atom is 0.325 e. The fourth-order valence-corrected chi connectivity index (χ4v) is 4.14. The van der Waals surface area contributed by atoms with Gasteiger partial charge < -0.3 is 15.0 Å². The van der Waals surface area contributed by atoms with Gasteiger partial charge in [-0.3, -0.25) is 19.1 Å². The lowest BCUT2D eigenvalue weighted by atomic mass is 10.2. The number of benzene rings is 1. The summed E-state index contributed by atoms with van der Waals surface area (Å²) in [7, 11) is 0. The largest absolute Gasteiger partial charge is 0.376 e. The van der Waals surface area contributed by atoms with Crippen molar-refractivity contribution in [3.8, 4) is 5.69 Å². The summed E-state index contributed by atoms with van der Waals surface area (Å²) >= 11 is 1.27. The molecule has 0 bridgehead atoms. The third kappa shape index (κ3) is 5.50. The first-order valence-electron chi connectivity index (χ1n) is 9.92. The van der Waals surface area contributed by atoms with Crippen molar-refractivity contribution in [1.29, 1.82) is 0 Å². The van der Waals surface area contributed by atoms with Crippen LogP contribution in [0, 0.1) is 0 Å². The van der Waals surface area contributed by atoms with Crippen molar-refractivity contribution in [3.63, 3.8) is 0 Å². The van der Waals surface area contributed by atoms with E-state index >= 15 is 0 Å². The molecule has 11 heteroatoms. The first-order chi connectivity index (χ1) is 15.1. The molecule has 1 aliphatic heterocycles. The Balaban J connectivity index is 1.51. The van der Waals surface area contributed by atoms with E-state index in [4.69, 9.17) is 4.74 Å². The average molecular weight is 443 g/mol. The number of amides is 1. The van der Waals surface area contributed by atoms with Gasteiger partial charge in [-0.25, -0.2) is 4.79 Å². The van der Waals surface area contributed by atoms with Gasteiger partial charge in [0.15, 0.2) is 5.16 Å². The van der Waals surface area contributed by atoms with Crippen LogP contribution in [0.15, 0.2) is 51.1 Å². The summed E-state index contributed by atoms with van der Waals surface area (Å²) < 4.78 is 7.34. The fraction of sp³-hybridized carbons (Fsp3) is 0.350. The molecule has 3 heterocycles. The van der Waals surface area contributed by atoms with Gasteiger partial charge in [0.05, 0.1) is 11.9 Å². The number of nitrogens with zero attached hydrogens (tertiary/aromatic N) is 3. The van der Waals surface area contributed by atoms with Crippen molar-refractivity contribution in [2.24, 2.45) is 0 Å². The lowest BCUT2D eigenvalue weighted by Crippen LogP contribution is -2.32. The van der Waals surface area contributed by atoms with Gasteiger partial charge in [-0.1, -0.05) is 30.0 Å². The molecule has 31 heavy (non-hydrogen) atoms. The van der Waals surface area contributed by atoms with Gasteiger partial charge in [0.25, 0.3) is 5.56 Å². The molecule has 1 fully saturated rings. The molecule has 4 rings (SSSR count). The molecule has 3 aromatic rings. The van der Waals surface area contributed by atoms with Crippen molar-refractivity contribution < 1.29 is 9.53 Å². The molecule has 1 aliphatic rings. The van der Waals surface area contributed by atoms with E-state index in [1.165, 1.54) is 17.8 Å². The number of H-pyrrole nitrogens is 2. The van der Waals surface area contributed by atoms with Crippen molar-refractivity contribution in [1.82, 2.24) is 30.0 Å². The summed E-state index contributed by atoms with van der Waals surface area (Å²) in [6.45, 7) is 1.25. The van der Waals surface area contributed by atoms with E-state index in [2.05, 4.69) is 25.5 Å². The van der Waals surface area contributed by atoms with Crippen LogP contribution in [0.2, 0.25) is 0 Å². The highest BCUT2D eigenvalue weighted by Crippen LogP contribution is 2.23. The summed E-state index contributed by atoms with van der Waals surface area (Å²) in [5.74, 6) is 0.609. The molecule has 0 aliphatic carbocycles. The first kappa shape index (κ1) is 21.1. The van der Waals surface area contributed by atoms with Gasteiger partial charge in [0.1, 0.15) is 5.82 Å². The van der Waals surface area contributed by atoms with Crippen LogP contribution in [0.5, 0.6) is 0 Å². The Hall–Kier alpha value is -3.18. The number of carbonyl (C=O) groups excluding carboxylic acids is 1. The van der Waals surface area contributed by atoms with Gasteiger partial charge in [-0.2, -0.15) is 0 Å². The van der Waals surface area contributed by atoms with Crippen LogP contribution < -0.4 is 16.6 Å². The zero-order valence-electron chi connectivity index (χ0n) is 16.7. The Morgan fingerprint density at radius 2 is 2.06 bits per heavy atom. The monoisotopic (exact) mass is 442 g/mol. The third-order valence-corrected chi connectivity index (χ3v) is 5.69. The summed E-state index contributed by atoms with van der Waals surface area (Å²) in [5.41, 5.74) is 0.175. The molecule has 0 unspecified atom stereocenters. The van der Waals surface area contributed by atoms with Crippen LogP contribution in [0.4, 0.5) is 0 Å². The topological polar surface area (TPSA) is 135 Å². The van der Waals surface area contributed by atoms with E-state index in [9.17, 15) is 14.4 Å². The van der Waals surface area contributed by atoms with Crippen molar-refractivity contribution in [3.05, 3.63) is 68.8 Å². The molecule has 1 atom stereocenters. The highest BCUT2D eigenvalue weighted by atomic mass is 32.2. The van der Waals surface area contributed by atoms with E-state index in [0.29, 0.717) is 23.2 Å². The lowest BCUT2D eigenvalue weighted by Gasteiger charge is -2.12. The van der Waals surface area contributed by atoms with Crippen LogP contribution in [-0.4, -0.2) is 55.6 Å². The Morgan fingerprint density at radius 1 is 1.23 bits per heavy atom. The highest BCUT2D eigenvalue weighted by Gasteiger charge is 2.19. The minimum absolute atomic E-state index is 0.0877. The molecule has 10 nitrogen and oxygen atoms in total. The number of nitrogens with one attached hydrogen (secondary N) is 3. The van der Waals surface area contributed by atoms with Gasteiger partial charge in [0.2, 0.25) is 5.91 Å². The number of ether oxygens (including phenoxy) is 1. The number of aromatic nitrogens is 5. The smallest absolute Gasteiger partial charge is 0.325 e. The van der Waals surface area contributed by atoms with Crippen LogP contribution in [-0.2, 0) is 16.0 Å². The van der Waals surface area contributed by atoms with Gasteiger partial charge >= 0.3 is 5.69 Å². The lowest BCUT2D eigenvalue weighted by molar-refractivity contribution is -0.119. The second-order valence-corrected chi connectivity index (χ2v) is 8.03. The molecule has 0 saturated carbocycles. The molecule has 2 aromatic heterocycles. The summed E-state index contributed by atoms with van der Waals surface area (Å²) in [5, 5.41) is 11.9. The number of hydrogen-bond acceptors (Lipinski definition) is 7. The molecular formula is C20H22N6O4S. The standard InChI is InChI=1S/C20H22N6O4S/c27-17-10-13(22-19(29)23-17)9-16-24-25-20(26(16)14-5-2-1-3-6-14)31-12-18(28)21-11-15-7-4-8-30-15/h1-3,5-6,10,15H,4,7-9,11-12H2,(H,21,28)(H2,22,23,27,29)/t15-/m0/s1. The van der Waals surface area contributed by atoms with E-state index < -0.39 is 11.2 Å². The Labute approximate surface area is 181 Å². The van der Waals surface area contributed by atoms with Crippen molar-refractivity contribution >= 4 is 17.7 Å². The number of rotatable bonds is 8. The second kappa shape index (κ2) is 9.75. The summed E-state index contributed by atoms with van der Waals surface area (Å²) in [6.07, 6.45) is 2.28. The Kier molecular flexibility index (Phi) is 6.63. The SMILES string of the molecule is O=C(CSc1nnc(Cc2cc(=O)[nH]c(=O)[nH]2)n1-c1ccccc1)NC[C@@H]1CCCO1. The van der Waals surface area contributed by atoms with Crippen LogP contribution in [0.3, 0.4) is 0 Å². The number of aromatic amines is 2. The number of para-hydroxylation sites is 1. The molecule has 0 spiro atoms. The zero-order valence-corrected chi connectivity index (χ0v) is 17.5. The Bertz CT molecular complexity index is 1120. The maximum absolute atomic E-state index is 12.3. The van der Waals surface area contributed by atoms with Gasteiger partial charge in [0, 0.05) is 37.0 Å². The fourth-order valence-electron chi connectivity index (χ4n) is 3.34. The van der Waals surface area contributed by atoms with Gasteiger partial charge in [-0.05, 0) is 25.0 Å². The molecule has 1 aromatic carbocycles. The van der Waals surface area contributed by atoms with Crippen molar-refractivity contribution in [2.75, 3.05) is 18.9 Å². The summed E-state index contributed by atoms with van der Waals surface area (Å²) in [4.78, 5) is 40.2. The molecule has 162 valence electrons. The summed E-state index contributed by atoms with van der Waals surface area (Å²) in [6, 6.07) is 10.8. The van der Waals surface area contributed by atoms with Gasteiger partial charge in [-0.15, -0.1) is 10.2 Å². The average Bonchev–Trinajstić information content (AvgIpc) is 3.40. The van der Waals surface area contributed by atoms with E-state index in [0.717, 1.165) is 25.1 Å². The van der Waals surface area contributed by atoms with E-state index in [1.54, 1.807) is 0 Å². The minimum atomic E-state index is -0.578. The normalized spacial score (nSPS) is 15.8. The first-order valence-corrected chi connectivity index (χ1v) is 10.9. The van der Waals surface area contributed by atoms with E-state index in [-0.39, 0.29) is 24.2 Å². The third-order valence-electron chi connectivity index (χ3n) is 4.76. The Morgan fingerprint density at radius 3 is 2.81 bits per heavy atom. The van der Waals surface area contributed by atoms with Crippen LogP contribution in [0.25, 0.3) is 5.69 Å². The van der Waals surface area contributed by atoms with Crippen LogP contribution in [0.1, 0.15) is 24.4 Å². The second-order valence-electron chi connectivity index (χ2n) is 7.09. The molecule has 0 radical (unpaired) electrons. The molecular weight excluding hydrogens is 420 g/mol. The quantitative estimate of drug-likeness (QED) is 0.435. The molecule has 1 amide bonds. The maximum atomic E-state index is 12.3.